The first-order valence-corrected chi connectivity index (χ1v) is 8.62. The Balaban J connectivity index is 2.34. The highest BCUT2D eigenvalue weighted by Crippen LogP contribution is 2.30. The summed E-state index contributed by atoms with van der Waals surface area (Å²) >= 11 is 0. The van der Waals surface area contributed by atoms with Crippen LogP contribution in [0.4, 0.5) is 0 Å². The van der Waals surface area contributed by atoms with E-state index in [9.17, 15) is 14.4 Å². The summed E-state index contributed by atoms with van der Waals surface area (Å²) in [5.41, 5.74) is 0. The quantitative estimate of drug-likeness (QED) is 0.387. The zero-order valence-corrected chi connectivity index (χ0v) is 15.9. The normalized spacial score (nSPS) is 26.6. The largest absolute Gasteiger partial charge is 0.463 e. The Bertz CT molecular complexity index is 707. The van der Waals surface area contributed by atoms with Crippen LogP contribution < -0.4 is 4.74 Å². The summed E-state index contributed by atoms with van der Waals surface area (Å²) in [4.78, 5) is 38.4. The van der Waals surface area contributed by atoms with Crippen molar-refractivity contribution in [3.8, 4) is 5.75 Å². The van der Waals surface area contributed by atoms with E-state index in [1.807, 2.05) is 6.07 Å². The van der Waals surface area contributed by atoms with Gasteiger partial charge in [-0.05, 0) is 18.9 Å². The molecule has 1 aliphatic rings. The van der Waals surface area contributed by atoms with Gasteiger partial charge in [0.2, 0.25) is 6.29 Å². The van der Waals surface area contributed by atoms with Gasteiger partial charge in [-0.3, -0.25) is 19.4 Å². The molecule has 5 atom stereocenters. The van der Waals surface area contributed by atoms with Gasteiger partial charge in [0.25, 0.3) is 0 Å². The van der Waals surface area contributed by atoms with Crippen molar-refractivity contribution >= 4 is 24.6 Å². The molecule has 9 nitrogen and oxygen atoms in total. The molecule has 1 heterocycles. The molecule has 0 aliphatic carbocycles. The van der Waals surface area contributed by atoms with Crippen molar-refractivity contribution in [2.75, 3.05) is 6.61 Å². The summed E-state index contributed by atoms with van der Waals surface area (Å²) in [5.74, 6) is -1.26. The minimum absolute atomic E-state index is 0.208. The molecule has 1 fully saturated rings. The van der Waals surface area contributed by atoms with Gasteiger partial charge in [0, 0.05) is 20.8 Å². The molecular formula is C19H23NO8. The Morgan fingerprint density at radius 3 is 2.14 bits per heavy atom. The second kappa shape index (κ2) is 9.84. The maximum atomic E-state index is 11.6. The molecule has 1 saturated heterocycles. The van der Waals surface area contributed by atoms with Gasteiger partial charge in [0.1, 0.15) is 24.5 Å². The lowest BCUT2D eigenvalue weighted by molar-refractivity contribution is -0.258. The van der Waals surface area contributed by atoms with E-state index in [4.69, 9.17) is 23.7 Å². The van der Waals surface area contributed by atoms with Crippen molar-refractivity contribution in [3.63, 3.8) is 0 Å². The van der Waals surface area contributed by atoms with Crippen molar-refractivity contribution in [1.82, 2.24) is 0 Å². The first-order chi connectivity index (χ1) is 13.3. The molecule has 1 aromatic rings. The Morgan fingerprint density at radius 2 is 1.61 bits per heavy atom. The highest BCUT2D eigenvalue weighted by molar-refractivity contribution is 5.67. The summed E-state index contributed by atoms with van der Waals surface area (Å²) in [6.45, 7) is 7.00. The van der Waals surface area contributed by atoms with Crippen LogP contribution in [-0.4, -0.2) is 61.9 Å². The third-order valence-corrected chi connectivity index (χ3v) is 3.88. The van der Waals surface area contributed by atoms with Crippen LogP contribution in [0.2, 0.25) is 0 Å². The monoisotopic (exact) mass is 393 g/mol. The van der Waals surface area contributed by atoms with E-state index < -0.39 is 48.6 Å². The van der Waals surface area contributed by atoms with Crippen LogP contribution in [0.1, 0.15) is 20.8 Å². The summed E-state index contributed by atoms with van der Waals surface area (Å²) in [7, 11) is 0. The fourth-order valence-corrected chi connectivity index (χ4v) is 2.82. The Hall–Kier alpha value is -2.94. The maximum absolute atomic E-state index is 11.6. The third-order valence-electron chi connectivity index (χ3n) is 3.88. The lowest BCUT2D eigenvalue weighted by Gasteiger charge is -2.43. The Kier molecular flexibility index (Phi) is 7.51. The fraction of sp³-hybridized carbons (Fsp3) is 0.474. The van der Waals surface area contributed by atoms with Gasteiger partial charge in [0.15, 0.2) is 12.2 Å². The molecule has 0 saturated carbocycles. The summed E-state index contributed by atoms with van der Waals surface area (Å²) in [6.07, 6.45) is -4.01. The van der Waals surface area contributed by atoms with Crippen LogP contribution in [0, 0.1) is 0 Å². The molecule has 0 aromatic heterocycles. The van der Waals surface area contributed by atoms with Crippen LogP contribution in [0.5, 0.6) is 5.75 Å². The van der Waals surface area contributed by atoms with Crippen LogP contribution in [-0.2, 0) is 33.3 Å². The van der Waals surface area contributed by atoms with Gasteiger partial charge in [0.05, 0.1) is 0 Å². The van der Waals surface area contributed by atoms with Gasteiger partial charge in [-0.1, -0.05) is 18.2 Å². The predicted octanol–water partition coefficient (Wildman–Crippen LogP) is 1.29. The molecule has 0 spiro atoms. The molecule has 0 radical (unpaired) electrons. The number of ether oxygens (including phenoxy) is 5. The van der Waals surface area contributed by atoms with E-state index in [0.717, 1.165) is 0 Å². The van der Waals surface area contributed by atoms with Crippen molar-refractivity contribution in [2.24, 2.45) is 4.99 Å². The zero-order chi connectivity index (χ0) is 20.7. The number of hydrogen-bond acceptors (Lipinski definition) is 9. The Morgan fingerprint density at radius 1 is 1.00 bits per heavy atom. The molecular weight excluding hydrogens is 370 g/mol. The van der Waals surface area contributed by atoms with Crippen molar-refractivity contribution in [1.29, 1.82) is 0 Å². The van der Waals surface area contributed by atoms with Gasteiger partial charge in [-0.25, -0.2) is 0 Å². The molecule has 0 amide bonds. The molecule has 3 unspecified atom stereocenters. The maximum Gasteiger partial charge on any atom is 0.303 e. The highest BCUT2D eigenvalue weighted by Gasteiger charge is 2.51. The number of carbonyl (C=O) groups is 3. The molecule has 9 heteroatoms. The first-order valence-electron chi connectivity index (χ1n) is 8.62. The molecule has 0 N–H and O–H groups in total. The molecule has 1 aromatic carbocycles. The number of carbonyl (C=O) groups excluding carboxylic acids is 3. The number of nitrogens with zero attached hydrogens (tertiary/aromatic N) is 1. The molecule has 152 valence electrons. The first kappa shape index (κ1) is 21.4. The standard InChI is InChI=1S/C19H23NO8/c1-11(21)24-10-15-17(25-12(2)22)16(20-4)18(26-13(3)23)19(28-15)27-14-8-6-5-7-9-14/h5-9,15-19H,4,10H2,1-3H3/t15?,16?,17-,18?,19-/m0/s1. The van der Waals surface area contributed by atoms with E-state index >= 15 is 0 Å². The molecule has 2 rings (SSSR count). The average Bonchev–Trinajstić information content (AvgIpc) is 2.62. The van der Waals surface area contributed by atoms with Crippen molar-refractivity contribution < 1.29 is 38.1 Å². The smallest absolute Gasteiger partial charge is 0.303 e. The molecule has 1 aliphatic heterocycles. The number of para-hydroxylation sites is 1. The number of rotatable bonds is 7. The number of aliphatic imine (C=N–C) groups is 1. The average molecular weight is 393 g/mol. The second-order valence-corrected chi connectivity index (χ2v) is 6.10. The lowest BCUT2D eigenvalue weighted by Crippen LogP contribution is -2.61. The van der Waals surface area contributed by atoms with E-state index in [1.165, 1.54) is 20.8 Å². The Labute approximate surface area is 162 Å². The van der Waals surface area contributed by atoms with Crippen molar-refractivity contribution in [3.05, 3.63) is 30.3 Å². The van der Waals surface area contributed by atoms with Crippen LogP contribution in [0.25, 0.3) is 0 Å². The second-order valence-electron chi connectivity index (χ2n) is 6.10. The topological polar surface area (TPSA) is 110 Å². The fourth-order valence-electron chi connectivity index (χ4n) is 2.82. The number of hydrogen-bond donors (Lipinski definition) is 0. The van der Waals surface area contributed by atoms with Crippen LogP contribution in [0.15, 0.2) is 35.3 Å². The van der Waals surface area contributed by atoms with Crippen LogP contribution in [0.3, 0.4) is 0 Å². The van der Waals surface area contributed by atoms with Crippen molar-refractivity contribution in [2.45, 2.75) is 51.4 Å². The number of esters is 3. The molecule has 0 bridgehead atoms. The zero-order valence-electron chi connectivity index (χ0n) is 15.9. The van der Waals surface area contributed by atoms with E-state index in [-0.39, 0.29) is 6.61 Å². The lowest BCUT2D eigenvalue weighted by atomic mass is 9.96. The van der Waals surface area contributed by atoms with Gasteiger partial charge >= 0.3 is 17.9 Å². The summed E-state index contributed by atoms with van der Waals surface area (Å²) < 4.78 is 27.4. The number of benzene rings is 1. The van der Waals surface area contributed by atoms with E-state index in [1.54, 1.807) is 24.3 Å². The SMILES string of the molecule is C=NC1C(OC(C)=O)[C@@H](Oc2ccccc2)OC(COC(C)=O)[C@@H]1OC(C)=O. The molecule has 28 heavy (non-hydrogen) atoms. The van der Waals surface area contributed by atoms with E-state index in [2.05, 4.69) is 11.7 Å². The van der Waals surface area contributed by atoms with E-state index in [0.29, 0.717) is 5.75 Å². The summed E-state index contributed by atoms with van der Waals surface area (Å²) in [5, 5.41) is 0. The van der Waals surface area contributed by atoms with Gasteiger partial charge < -0.3 is 23.7 Å². The minimum atomic E-state index is -1.09. The highest BCUT2D eigenvalue weighted by atomic mass is 16.7. The van der Waals surface area contributed by atoms with Gasteiger partial charge in [-0.2, -0.15) is 0 Å². The van der Waals surface area contributed by atoms with Gasteiger partial charge in [-0.15, -0.1) is 0 Å². The minimum Gasteiger partial charge on any atom is -0.463 e. The predicted molar refractivity (Wildman–Crippen MR) is 96.8 cm³/mol. The third kappa shape index (κ3) is 5.78. The summed E-state index contributed by atoms with van der Waals surface area (Å²) in [6, 6.07) is 7.84. The van der Waals surface area contributed by atoms with Crippen LogP contribution >= 0.6 is 0 Å².